The average Bonchev–Trinajstić information content (AvgIpc) is 2.61. The Morgan fingerprint density at radius 1 is 0.900 bits per heavy atom. The molecule has 2 N–H and O–H groups in total. The molecule has 0 aromatic heterocycles. The van der Waals surface area contributed by atoms with Crippen LogP contribution >= 0.6 is 0 Å². The third-order valence-electron chi connectivity index (χ3n) is 4.16. The predicted octanol–water partition coefficient (Wildman–Crippen LogP) is 6.90. The molecule has 0 saturated carbocycles. The lowest BCUT2D eigenvalue weighted by Crippen LogP contribution is -2.26. The van der Waals surface area contributed by atoms with Crippen LogP contribution in [0, 0.1) is 0 Å². The van der Waals surface area contributed by atoms with Crippen molar-refractivity contribution in [2.24, 2.45) is 0 Å². The van der Waals surface area contributed by atoms with Gasteiger partial charge in [-0.25, -0.2) is 4.79 Å². The van der Waals surface area contributed by atoms with Gasteiger partial charge in [0.2, 0.25) is 0 Å². The first-order valence-corrected chi connectivity index (χ1v) is 10.1. The van der Waals surface area contributed by atoms with Gasteiger partial charge in [-0.2, -0.15) is 0 Å². The van der Waals surface area contributed by atoms with E-state index in [9.17, 15) is 4.79 Å². The lowest BCUT2D eigenvalue weighted by molar-refractivity contribution is -0.130. The van der Waals surface area contributed by atoms with Crippen LogP contribution in [0.3, 0.4) is 0 Å². The van der Waals surface area contributed by atoms with Crippen molar-refractivity contribution in [2.45, 2.75) is 59.5 Å². The number of nitrogens with one attached hydrogen (secondary N) is 2. The molecule has 2 rings (SSSR count). The Hall–Kier alpha value is -3.01. The quantitative estimate of drug-likeness (QED) is 0.311. The summed E-state index contributed by atoms with van der Waals surface area (Å²) in [5.41, 5.74) is 4.89. The summed E-state index contributed by atoms with van der Waals surface area (Å²) in [6.45, 7) is 21.8. The number of benzene rings is 2. The normalized spacial score (nSPS) is 11.6. The van der Waals surface area contributed by atoms with Crippen LogP contribution < -0.4 is 15.4 Å². The highest BCUT2D eigenvalue weighted by atomic mass is 16.5. The first-order valence-electron chi connectivity index (χ1n) is 10.1. The highest BCUT2D eigenvalue weighted by Crippen LogP contribution is 2.35. The Bertz CT molecular complexity index is 960. The Morgan fingerprint density at radius 2 is 1.40 bits per heavy atom. The van der Waals surface area contributed by atoms with Crippen LogP contribution in [0.2, 0.25) is 0 Å². The summed E-state index contributed by atoms with van der Waals surface area (Å²) in [5.74, 6) is 0.0353. The van der Waals surface area contributed by atoms with Crippen molar-refractivity contribution in [3.63, 3.8) is 0 Å². The molecule has 2 aromatic carbocycles. The number of ether oxygens (including phenoxy) is 1. The van der Waals surface area contributed by atoms with E-state index >= 15 is 0 Å². The van der Waals surface area contributed by atoms with Gasteiger partial charge in [0.05, 0.1) is 5.69 Å². The largest absolute Gasteiger partial charge is 0.421 e. The van der Waals surface area contributed by atoms with Gasteiger partial charge < -0.3 is 15.4 Å². The lowest BCUT2D eigenvalue weighted by atomic mass is 9.99. The van der Waals surface area contributed by atoms with E-state index in [4.69, 9.17) is 4.74 Å². The molecule has 4 nitrogen and oxygen atoms in total. The van der Waals surface area contributed by atoms with Gasteiger partial charge in [0.15, 0.2) is 5.75 Å². The Morgan fingerprint density at radius 3 is 1.90 bits per heavy atom. The fourth-order valence-electron chi connectivity index (χ4n) is 2.91. The van der Waals surface area contributed by atoms with E-state index in [0.29, 0.717) is 11.3 Å². The summed E-state index contributed by atoms with van der Waals surface area (Å²) in [4.78, 5) is 12.2. The molecule has 160 valence electrons. The third kappa shape index (κ3) is 6.51. The molecular weight excluding hydrogens is 372 g/mol. The van der Waals surface area contributed by atoms with Crippen molar-refractivity contribution in [2.75, 3.05) is 10.6 Å². The third-order valence-corrected chi connectivity index (χ3v) is 4.16. The molecule has 0 aliphatic rings. The van der Waals surface area contributed by atoms with E-state index in [1.165, 1.54) is 0 Å². The molecule has 0 heterocycles. The lowest BCUT2D eigenvalue weighted by Gasteiger charge is -2.25. The number of hydrogen-bond donors (Lipinski definition) is 2. The first-order chi connectivity index (χ1) is 13.8. The van der Waals surface area contributed by atoms with Crippen LogP contribution in [-0.4, -0.2) is 17.0 Å². The van der Waals surface area contributed by atoms with Gasteiger partial charge in [-0.1, -0.05) is 31.4 Å². The number of carbonyl (C=O) groups is 1. The molecular formula is C26H34N2O2. The molecule has 0 saturated heterocycles. The second kappa shape index (κ2) is 8.78. The zero-order valence-electron chi connectivity index (χ0n) is 19.3. The fourth-order valence-corrected chi connectivity index (χ4v) is 2.91. The molecule has 30 heavy (non-hydrogen) atoms. The molecule has 0 bridgehead atoms. The van der Waals surface area contributed by atoms with Crippen LogP contribution in [0.25, 0.3) is 17.2 Å². The summed E-state index contributed by atoms with van der Waals surface area (Å²) in [7, 11) is 0. The van der Waals surface area contributed by atoms with E-state index < -0.39 is 5.97 Å². The summed E-state index contributed by atoms with van der Waals surface area (Å²) in [6, 6.07) is 12.0. The first kappa shape index (κ1) is 23.3. The predicted molar refractivity (Wildman–Crippen MR) is 129 cm³/mol. The van der Waals surface area contributed by atoms with Gasteiger partial charge in [0, 0.05) is 22.3 Å². The summed E-state index contributed by atoms with van der Waals surface area (Å²) < 4.78 is 5.63. The number of carbonyl (C=O) groups excluding carboxylic acids is 1. The van der Waals surface area contributed by atoms with Crippen LogP contribution in [0.15, 0.2) is 55.1 Å². The minimum Gasteiger partial charge on any atom is -0.421 e. The van der Waals surface area contributed by atoms with E-state index in [2.05, 4.69) is 83.5 Å². The highest BCUT2D eigenvalue weighted by molar-refractivity contribution is 5.90. The molecule has 0 atom stereocenters. The number of anilines is 2. The molecule has 0 radical (unpaired) electrons. The Kier molecular flexibility index (Phi) is 6.81. The molecule has 0 aliphatic carbocycles. The van der Waals surface area contributed by atoms with Crippen molar-refractivity contribution in [1.82, 2.24) is 0 Å². The standard InChI is InChI=1S/C26H34N2O2/c1-10-18-15-19(11-13-21(18)27-25(4,5)6)20-12-14-22(28-26(7,8)9)23(16-20)30-24(29)17(2)3/h10-16,27-28H,1-2H2,3-9H3. The maximum absolute atomic E-state index is 12.2. The van der Waals surface area contributed by atoms with Gasteiger partial charge in [0.25, 0.3) is 0 Å². The van der Waals surface area contributed by atoms with Crippen LogP contribution in [-0.2, 0) is 4.79 Å². The maximum Gasteiger partial charge on any atom is 0.338 e. The topological polar surface area (TPSA) is 50.4 Å². The van der Waals surface area contributed by atoms with Gasteiger partial charge in [-0.05, 0) is 89.4 Å². The van der Waals surface area contributed by atoms with Gasteiger partial charge >= 0.3 is 5.97 Å². The van der Waals surface area contributed by atoms with E-state index in [1.807, 2.05) is 24.3 Å². The van der Waals surface area contributed by atoms with Gasteiger partial charge in [-0.15, -0.1) is 0 Å². The summed E-state index contributed by atoms with van der Waals surface area (Å²) in [5, 5.41) is 6.90. The van der Waals surface area contributed by atoms with Crippen molar-refractivity contribution >= 4 is 23.4 Å². The smallest absolute Gasteiger partial charge is 0.338 e. The summed E-state index contributed by atoms with van der Waals surface area (Å²) >= 11 is 0. The van der Waals surface area contributed by atoms with Crippen LogP contribution in [0.5, 0.6) is 5.75 Å². The molecule has 0 fully saturated rings. The average molecular weight is 407 g/mol. The summed E-state index contributed by atoms with van der Waals surface area (Å²) in [6.07, 6.45) is 1.84. The van der Waals surface area contributed by atoms with E-state index in [0.717, 1.165) is 28.1 Å². The SMILES string of the molecule is C=Cc1cc(-c2ccc(NC(C)(C)C)c(OC(=O)C(=C)C)c2)ccc1NC(C)(C)C. The molecule has 0 unspecified atom stereocenters. The fraction of sp³-hybridized carbons (Fsp3) is 0.346. The minimum absolute atomic E-state index is 0.0521. The molecule has 4 heteroatoms. The molecule has 0 spiro atoms. The van der Waals surface area contributed by atoms with E-state index in [-0.39, 0.29) is 11.1 Å². The molecule has 0 aliphatic heterocycles. The van der Waals surface area contributed by atoms with Gasteiger partial charge in [0.1, 0.15) is 0 Å². The monoisotopic (exact) mass is 406 g/mol. The van der Waals surface area contributed by atoms with Crippen molar-refractivity contribution in [1.29, 1.82) is 0 Å². The van der Waals surface area contributed by atoms with Gasteiger partial charge in [-0.3, -0.25) is 0 Å². The molecule has 2 aromatic rings. The second-order valence-electron chi connectivity index (χ2n) is 9.64. The minimum atomic E-state index is -0.444. The van der Waals surface area contributed by atoms with Crippen molar-refractivity contribution in [3.8, 4) is 16.9 Å². The molecule has 0 amide bonds. The number of rotatable bonds is 6. The van der Waals surface area contributed by atoms with Crippen LogP contribution in [0.1, 0.15) is 54.0 Å². The van der Waals surface area contributed by atoms with E-state index in [1.54, 1.807) is 6.92 Å². The Labute approximate surface area is 181 Å². The highest BCUT2D eigenvalue weighted by Gasteiger charge is 2.17. The second-order valence-corrected chi connectivity index (χ2v) is 9.64. The van der Waals surface area contributed by atoms with Crippen molar-refractivity contribution < 1.29 is 9.53 Å². The zero-order chi connectivity index (χ0) is 22.7. The Balaban J connectivity index is 2.49. The van der Waals surface area contributed by atoms with Crippen molar-refractivity contribution in [3.05, 3.63) is 60.7 Å². The maximum atomic E-state index is 12.2. The number of hydrogen-bond acceptors (Lipinski definition) is 4. The van der Waals surface area contributed by atoms with Crippen LogP contribution in [0.4, 0.5) is 11.4 Å². The zero-order valence-corrected chi connectivity index (χ0v) is 19.3. The number of esters is 1.